The zero-order valence-electron chi connectivity index (χ0n) is 14.4. The van der Waals surface area contributed by atoms with Crippen molar-refractivity contribution in [1.29, 1.82) is 0 Å². The van der Waals surface area contributed by atoms with Crippen LogP contribution in [0.5, 0.6) is 0 Å². The van der Waals surface area contributed by atoms with Gasteiger partial charge in [-0.15, -0.1) is 0 Å². The van der Waals surface area contributed by atoms with Crippen LogP contribution >= 0.6 is 0 Å². The van der Waals surface area contributed by atoms with Crippen molar-refractivity contribution in [2.75, 3.05) is 14.2 Å². The number of alkyl halides is 6. The fourth-order valence-corrected chi connectivity index (χ4v) is 4.93. The Labute approximate surface area is 144 Å². The van der Waals surface area contributed by atoms with E-state index < -0.39 is 32.0 Å². The van der Waals surface area contributed by atoms with Gasteiger partial charge in [-0.1, -0.05) is 13.3 Å². The van der Waals surface area contributed by atoms with Crippen molar-refractivity contribution in [3.63, 3.8) is 0 Å². The minimum Gasteiger partial charge on any atom is -0.398 e. The number of unbranched alkanes of at least 4 members (excludes halogenated alkanes) is 1. The molecule has 0 N–H and O–H groups in total. The lowest BCUT2D eigenvalue weighted by Crippen LogP contribution is -2.38. The van der Waals surface area contributed by atoms with Gasteiger partial charge in [-0.3, -0.25) is 0 Å². The molecular weight excluding hydrogens is 366 g/mol. The predicted molar refractivity (Wildman–Crippen MR) is 84.4 cm³/mol. The zero-order chi connectivity index (χ0) is 19.3. The first kappa shape index (κ1) is 22.0. The van der Waals surface area contributed by atoms with Gasteiger partial charge in [0.25, 0.3) is 0 Å². The Morgan fingerprint density at radius 2 is 1.32 bits per heavy atom. The first-order valence-corrected chi connectivity index (χ1v) is 10.1. The molecule has 0 saturated heterocycles. The molecule has 0 atom stereocenters. The molecule has 0 fully saturated rings. The summed E-state index contributed by atoms with van der Waals surface area (Å²) in [6, 6.07) is 3.08. The van der Waals surface area contributed by atoms with Crippen LogP contribution < -0.4 is 0 Å². The minimum atomic E-state index is -4.81. The van der Waals surface area contributed by atoms with Crippen molar-refractivity contribution in [3.05, 3.63) is 34.9 Å². The molecule has 144 valence electrons. The van der Waals surface area contributed by atoms with E-state index in [1.54, 1.807) is 14.2 Å². The van der Waals surface area contributed by atoms with Crippen LogP contribution in [0.3, 0.4) is 0 Å². The topological polar surface area (TPSA) is 18.5 Å². The minimum absolute atomic E-state index is 0.0285. The van der Waals surface area contributed by atoms with E-state index in [9.17, 15) is 26.3 Å². The van der Waals surface area contributed by atoms with Crippen molar-refractivity contribution >= 4 is 8.56 Å². The van der Waals surface area contributed by atoms with Crippen LogP contribution in [0.25, 0.3) is 0 Å². The summed E-state index contributed by atoms with van der Waals surface area (Å²) in [6.45, 7) is 1.93. The van der Waals surface area contributed by atoms with Gasteiger partial charge in [0.15, 0.2) is 0 Å². The molecule has 25 heavy (non-hydrogen) atoms. The zero-order valence-corrected chi connectivity index (χ0v) is 15.4. The lowest BCUT2D eigenvalue weighted by molar-refractivity contribution is -0.143. The molecule has 9 heteroatoms. The Kier molecular flexibility index (Phi) is 7.51. The maximum Gasteiger partial charge on any atom is 0.416 e. The van der Waals surface area contributed by atoms with Gasteiger partial charge in [0, 0.05) is 14.2 Å². The summed E-state index contributed by atoms with van der Waals surface area (Å²) in [4.78, 5) is 0. The van der Waals surface area contributed by atoms with Gasteiger partial charge in [0.2, 0.25) is 0 Å². The highest BCUT2D eigenvalue weighted by Gasteiger charge is 2.37. The van der Waals surface area contributed by atoms with E-state index in [-0.39, 0.29) is 18.1 Å². The molecule has 0 aliphatic heterocycles. The highest BCUT2D eigenvalue weighted by molar-refractivity contribution is 6.67. The van der Waals surface area contributed by atoms with E-state index in [0.717, 1.165) is 18.2 Å². The van der Waals surface area contributed by atoms with E-state index >= 15 is 0 Å². The van der Waals surface area contributed by atoms with E-state index in [1.165, 1.54) is 0 Å². The molecule has 0 unspecified atom stereocenters. The summed E-state index contributed by atoms with van der Waals surface area (Å²) < 4.78 is 87.8. The Balaban J connectivity index is 2.85. The molecule has 0 aromatic heterocycles. The number of rotatable bonds is 8. The van der Waals surface area contributed by atoms with Crippen LogP contribution in [-0.2, 0) is 27.6 Å². The van der Waals surface area contributed by atoms with E-state index in [2.05, 4.69) is 0 Å². The monoisotopic (exact) mass is 388 g/mol. The van der Waals surface area contributed by atoms with Gasteiger partial charge < -0.3 is 8.85 Å². The fraction of sp³-hybridized carbons (Fsp3) is 0.625. The van der Waals surface area contributed by atoms with Crippen molar-refractivity contribution < 1.29 is 35.2 Å². The van der Waals surface area contributed by atoms with E-state index in [4.69, 9.17) is 8.85 Å². The van der Waals surface area contributed by atoms with Crippen LogP contribution in [0.15, 0.2) is 18.2 Å². The molecule has 0 heterocycles. The lowest BCUT2D eigenvalue weighted by Gasteiger charge is -2.25. The molecule has 1 rings (SSSR count). The first-order chi connectivity index (χ1) is 11.5. The molecule has 0 saturated carbocycles. The Bertz CT molecular complexity index is 512. The van der Waals surface area contributed by atoms with Crippen LogP contribution in [0.4, 0.5) is 26.3 Å². The standard InChI is InChI=1S/C16H22F6O2Si/c1-4-25(23-2,24-3)8-6-5-7-12-9-13(15(17,18)19)11-14(10-12)16(20,21)22/h9-11H,4-8H2,1-3H3. The van der Waals surface area contributed by atoms with Crippen molar-refractivity contribution in [3.8, 4) is 0 Å². The third-order valence-corrected chi connectivity index (χ3v) is 7.88. The summed E-state index contributed by atoms with van der Waals surface area (Å²) in [5.41, 5.74) is -2.52. The molecule has 0 radical (unpaired) electrons. The first-order valence-electron chi connectivity index (χ1n) is 7.86. The second-order valence-corrected chi connectivity index (χ2v) is 9.64. The van der Waals surface area contributed by atoms with Crippen molar-refractivity contribution in [1.82, 2.24) is 0 Å². The second-order valence-electron chi connectivity index (χ2n) is 5.79. The highest BCUT2D eigenvalue weighted by Crippen LogP contribution is 2.36. The summed E-state index contributed by atoms with van der Waals surface area (Å²) in [5, 5.41) is 0. The second kappa shape index (κ2) is 8.55. The largest absolute Gasteiger partial charge is 0.416 e. The Morgan fingerprint density at radius 3 is 1.68 bits per heavy atom. The molecule has 1 aromatic rings. The van der Waals surface area contributed by atoms with Gasteiger partial charge in [-0.25, -0.2) is 0 Å². The fourth-order valence-electron chi connectivity index (χ4n) is 2.64. The molecule has 1 aromatic carbocycles. The molecule has 0 spiro atoms. The summed E-state index contributed by atoms with van der Waals surface area (Å²) in [5.74, 6) is 0. The van der Waals surface area contributed by atoms with Crippen LogP contribution in [-0.4, -0.2) is 22.8 Å². The maximum atomic E-state index is 12.8. The summed E-state index contributed by atoms with van der Waals surface area (Å²) >= 11 is 0. The van der Waals surface area contributed by atoms with Crippen LogP contribution in [0.2, 0.25) is 12.1 Å². The van der Waals surface area contributed by atoms with Gasteiger partial charge in [-0.2, -0.15) is 26.3 Å². The molecular formula is C16H22F6O2Si. The lowest BCUT2D eigenvalue weighted by atomic mass is 10.0. The van der Waals surface area contributed by atoms with Crippen molar-refractivity contribution in [2.45, 2.75) is 50.6 Å². The Morgan fingerprint density at radius 1 is 0.840 bits per heavy atom. The third kappa shape index (κ3) is 6.30. The number of benzene rings is 1. The smallest absolute Gasteiger partial charge is 0.398 e. The SMILES string of the molecule is CC[Si](CCCCc1cc(C(F)(F)F)cc(C(F)(F)F)c1)(OC)OC. The summed E-state index contributed by atoms with van der Waals surface area (Å²) in [6.07, 6.45) is -8.42. The Hall–Kier alpha value is -1.06. The molecule has 2 nitrogen and oxygen atoms in total. The molecule has 0 amide bonds. The van der Waals surface area contributed by atoms with Gasteiger partial charge >= 0.3 is 20.9 Å². The summed E-state index contributed by atoms with van der Waals surface area (Å²) in [7, 11) is 0.817. The quantitative estimate of drug-likeness (QED) is 0.318. The molecule has 0 bridgehead atoms. The number of hydrogen-bond acceptors (Lipinski definition) is 2. The number of hydrogen-bond donors (Lipinski definition) is 0. The number of aryl methyl sites for hydroxylation is 1. The van der Waals surface area contributed by atoms with Crippen LogP contribution in [0, 0.1) is 0 Å². The van der Waals surface area contributed by atoms with Gasteiger partial charge in [0.1, 0.15) is 0 Å². The van der Waals surface area contributed by atoms with Crippen LogP contribution in [0.1, 0.15) is 36.5 Å². The van der Waals surface area contributed by atoms with Gasteiger partial charge in [0.05, 0.1) is 11.1 Å². The average molecular weight is 388 g/mol. The normalized spacial score (nSPS) is 13.3. The highest BCUT2D eigenvalue weighted by atomic mass is 28.4. The molecule has 0 aliphatic rings. The molecule has 0 aliphatic carbocycles. The van der Waals surface area contributed by atoms with Gasteiger partial charge in [-0.05, 0) is 48.7 Å². The third-order valence-electron chi connectivity index (χ3n) is 4.20. The van der Waals surface area contributed by atoms with E-state index in [0.29, 0.717) is 18.9 Å². The average Bonchev–Trinajstić information content (AvgIpc) is 2.54. The maximum absolute atomic E-state index is 12.8. The van der Waals surface area contributed by atoms with Crippen molar-refractivity contribution in [2.24, 2.45) is 0 Å². The number of halogens is 6. The predicted octanol–water partition coefficient (Wildman–Crippen LogP) is 5.80. The van der Waals surface area contributed by atoms with E-state index in [1.807, 2.05) is 6.92 Å².